The van der Waals surface area contributed by atoms with Crippen LogP contribution < -0.4 is 21.2 Å². The number of rotatable bonds is 6. The van der Waals surface area contributed by atoms with Crippen molar-refractivity contribution in [3.8, 4) is 0 Å². The summed E-state index contributed by atoms with van der Waals surface area (Å²) in [5.41, 5.74) is 1.46. The molecule has 15 heteroatoms. The van der Waals surface area contributed by atoms with Crippen molar-refractivity contribution < 1.29 is 0 Å². The molecule has 0 fully saturated rings. The van der Waals surface area contributed by atoms with E-state index in [9.17, 15) is 0 Å². The van der Waals surface area contributed by atoms with E-state index in [4.69, 9.17) is 0 Å². The lowest BCUT2D eigenvalue weighted by molar-refractivity contribution is 0.973. The molecule has 0 spiro atoms. The average molecular weight is 579 g/mol. The molecular weight excluding hydrogens is 556 g/mol. The maximum absolute atomic E-state index is 3.19. The first-order valence-electron chi connectivity index (χ1n) is 6.52. The fraction of sp³-hybridized carbons (Fsp3) is 0.111. The van der Waals surface area contributed by atoms with Gasteiger partial charge in [-0.05, 0) is 40.3 Å². The monoisotopic (exact) mass is 579 g/mol. The minimum absolute atomic E-state index is 0.160. The summed E-state index contributed by atoms with van der Waals surface area (Å²) in [4.78, 5) is 0. The molecule has 2 rings (SSSR count). The first-order chi connectivity index (χ1) is 11.3. The van der Waals surface area contributed by atoms with Gasteiger partial charge in [0, 0.05) is 34.5 Å². The fourth-order valence-corrected chi connectivity index (χ4v) is 20.9. The molecular formula is C9H23NP14. The van der Waals surface area contributed by atoms with Crippen molar-refractivity contribution in [2.45, 2.75) is 0 Å². The van der Waals surface area contributed by atoms with E-state index >= 15 is 0 Å². The Morgan fingerprint density at radius 2 is 1.58 bits per heavy atom. The normalized spacial score (nSPS) is 15.8. The van der Waals surface area contributed by atoms with Gasteiger partial charge >= 0.3 is 0 Å². The number of hydrogen-bond acceptors (Lipinski definition) is 0. The number of nitrogens with zero attached hydrogens (tertiary/aromatic N) is 1. The molecule has 0 aliphatic carbocycles. The molecule has 24 heavy (non-hydrogen) atoms. The zero-order valence-corrected chi connectivity index (χ0v) is 27.8. The summed E-state index contributed by atoms with van der Waals surface area (Å²) in [5, 5.41) is 7.88. The third-order valence-electron chi connectivity index (χ3n) is 3.51. The minimum Gasteiger partial charge on any atom is -0.350 e. The number of benzene rings is 1. The van der Waals surface area contributed by atoms with E-state index in [0.717, 1.165) is 16.2 Å². The summed E-state index contributed by atoms with van der Waals surface area (Å²) >= 11 is 0. The zero-order valence-electron chi connectivity index (χ0n) is 13.0. The molecule has 0 saturated heterocycles. The summed E-state index contributed by atoms with van der Waals surface area (Å²) in [6.07, 6.45) is 2.24. The summed E-state index contributed by atoms with van der Waals surface area (Å²) in [5.74, 6) is 0. The Hall–Kier alpha value is 4.78. The van der Waals surface area contributed by atoms with Crippen molar-refractivity contribution in [1.29, 1.82) is 0 Å². The van der Waals surface area contributed by atoms with E-state index in [1.54, 1.807) is 21.2 Å². The van der Waals surface area contributed by atoms with Gasteiger partial charge in [0.15, 0.2) is 0 Å². The van der Waals surface area contributed by atoms with Gasteiger partial charge in [0.25, 0.3) is 0 Å². The Labute approximate surface area is 171 Å². The maximum atomic E-state index is 3.19. The molecule has 134 valence electrons. The van der Waals surface area contributed by atoms with E-state index in [0.29, 0.717) is 0 Å². The quantitative estimate of drug-likeness (QED) is 0.364. The van der Waals surface area contributed by atoms with Crippen LogP contribution in [0.3, 0.4) is 0 Å². The maximum Gasteiger partial charge on any atom is 0.0576 e. The lowest BCUT2D eigenvalue weighted by atomic mass is 10.2. The van der Waals surface area contributed by atoms with Crippen molar-refractivity contribution in [3.63, 3.8) is 0 Å². The third kappa shape index (κ3) is 5.33. The number of hydrogen-bond donors (Lipinski definition) is 0. The molecule has 12 unspecified atom stereocenters. The van der Waals surface area contributed by atoms with Crippen LogP contribution in [-0.2, 0) is 7.05 Å². The van der Waals surface area contributed by atoms with Gasteiger partial charge in [-0.3, -0.25) is 0 Å². The lowest BCUT2D eigenvalue weighted by Crippen LogP contribution is -2.39. The molecule has 0 aliphatic rings. The van der Waals surface area contributed by atoms with Crippen LogP contribution in [0.4, 0.5) is 0 Å². The second kappa shape index (κ2) is 11.4. The molecule has 0 radical (unpaired) electrons. The molecule has 0 aliphatic heterocycles. The highest BCUT2D eigenvalue weighted by atomic mass is 32.8. The van der Waals surface area contributed by atoms with Crippen molar-refractivity contribution >= 4 is 149 Å². The highest BCUT2D eigenvalue weighted by molar-refractivity contribution is 8.83. The van der Waals surface area contributed by atoms with Gasteiger partial charge in [-0.25, -0.2) is 0 Å². The zero-order chi connectivity index (χ0) is 18.2. The largest absolute Gasteiger partial charge is 0.350 e. The molecule has 1 heterocycles. The predicted molar refractivity (Wildman–Crippen MR) is 163 cm³/mol. The first-order valence-corrected chi connectivity index (χ1v) is 28.8. The standard InChI is InChI=1S/C9H23NP14/c1-10-3-2-4-5(10)7(23(16)24(17)18)9(22(15)20-12)8(21(13)14)6(4)19-11/h2-3,19-20H,11-18H2,1H3. The van der Waals surface area contributed by atoms with Gasteiger partial charge in [0.1, 0.15) is 0 Å². The molecule has 0 saturated carbocycles. The van der Waals surface area contributed by atoms with Crippen molar-refractivity contribution in [2.24, 2.45) is 7.05 Å². The van der Waals surface area contributed by atoms with Crippen LogP contribution in [0.1, 0.15) is 0 Å². The van der Waals surface area contributed by atoms with Gasteiger partial charge in [0.2, 0.25) is 0 Å². The summed E-state index contributed by atoms with van der Waals surface area (Å²) in [7, 11) is 27.7. The van der Waals surface area contributed by atoms with E-state index in [2.05, 4.69) is 95.3 Å². The Bertz CT molecular complexity index is 725. The van der Waals surface area contributed by atoms with Gasteiger partial charge in [-0.15, -0.1) is 71.4 Å². The highest BCUT2D eigenvalue weighted by Gasteiger charge is 2.29. The van der Waals surface area contributed by atoms with Gasteiger partial charge in [-0.2, -0.15) is 0 Å². The second-order valence-corrected chi connectivity index (χ2v) is 37.2. The third-order valence-corrected chi connectivity index (χ3v) is 34.2. The second-order valence-electron chi connectivity index (χ2n) is 4.89. The van der Waals surface area contributed by atoms with Gasteiger partial charge in [0.05, 0.1) is 5.52 Å². The van der Waals surface area contributed by atoms with E-state index in [1.165, 1.54) is 10.9 Å². The van der Waals surface area contributed by atoms with Crippen molar-refractivity contribution in [1.82, 2.24) is 4.57 Å². The average Bonchev–Trinajstić information content (AvgIpc) is 2.92. The van der Waals surface area contributed by atoms with Crippen LogP contribution in [0.5, 0.6) is 0 Å². The smallest absolute Gasteiger partial charge is 0.0576 e. The van der Waals surface area contributed by atoms with Crippen LogP contribution >= 0.6 is 117 Å². The van der Waals surface area contributed by atoms with Crippen LogP contribution in [0.15, 0.2) is 12.3 Å². The Kier molecular flexibility index (Phi) is 11.9. The van der Waals surface area contributed by atoms with Crippen molar-refractivity contribution in [2.75, 3.05) is 0 Å². The topological polar surface area (TPSA) is 4.93 Å². The van der Waals surface area contributed by atoms with Crippen molar-refractivity contribution in [3.05, 3.63) is 12.3 Å². The first kappa shape index (κ1) is 25.0. The van der Waals surface area contributed by atoms with Crippen LogP contribution in [0.2, 0.25) is 0 Å². The lowest BCUT2D eigenvalue weighted by Gasteiger charge is -2.30. The van der Waals surface area contributed by atoms with Crippen LogP contribution in [-0.4, -0.2) is 4.57 Å². The molecule has 0 amide bonds. The van der Waals surface area contributed by atoms with E-state index < -0.39 is 0 Å². The molecule has 0 bridgehead atoms. The molecule has 1 aromatic carbocycles. The Morgan fingerprint density at radius 1 is 0.958 bits per heavy atom. The van der Waals surface area contributed by atoms with Crippen LogP contribution in [0, 0.1) is 0 Å². The molecule has 2 aromatic rings. The fourth-order valence-electron chi connectivity index (χ4n) is 2.52. The number of aromatic nitrogens is 1. The number of fused-ring (bicyclic) bond motifs is 1. The SMILES string of the molecule is Cn1ccc2c(PP)c(P(P)P)c(P(P)PP)c(P(P)P(P)P)c21. The summed E-state index contributed by atoms with van der Waals surface area (Å²) in [6, 6.07) is 2.32. The molecule has 12 atom stereocenters. The Morgan fingerprint density at radius 3 is 2.04 bits per heavy atom. The molecule has 1 nitrogen and oxygen atoms in total. The van der Waals surface area contributed by atoms with Crippen LogP contribution in [0.25, 0.3) is 10.9 Å². The molecule has 1 aromatic heterocycles. The number of aryl methyl sites for hydroxylation is 1. The van der Waals surface area contributed by atoms with Gasteiger partial charge in [-0.1, -0.05) is 16.2 Å². The summed E-state index contributed by atoms with van der Waals surface area (Å²) < 4.78 is 2.34. The van der Waals surface area contributed by atoms with E-state index in [1.807, 2.05) is 0 Å². The Balaban J connectivity index is 3.06. The van der Waals surface area contributed by atoms with Gasteiger partial charge < -0.3 is 4.57 Å². The minimum atomic E-state index is -0.295. The van der Waals surface area contributed by atoms with E-state index in [-0.39, 0.29) is 28.9 Å². The highest BCUT2D eigenvalue weighted by Crippen LogP contribution is 2.83. The summed E-state index contributed by atoms with van der Waals surface area (Å²) in [6.45, 7) is -0.160. The molecule has 0 N–H and O–H groups in total. The predicted octanol–water partition coefficient (Wildman–Crippen LogP) is 6.11.